The summed E-state index contributed by atoms with van der Waals surface area (Å²) in [5, 5.41) is 0. The fourth-order valence-electron chi connectivity index (χ4n) is 3.67. The van der Waals surface area contributed by atoms with Crippen LogP contribution < -0.4 is 0 Å². The predicted molar refractivity (Wildman–Crippen MR) is 96.2 cm³/mol. The van der Waals surface area contributed by atoms with Crippen LogP contribution in [0.2, 0.25) is 0 Å². The van der Waals surface area contributed by atoms with Gasteiger partial charge in [0.25, 0.3) is 0 Å². The van der Waals surface area contributed by atoms with E-state index in [2.05, 4.69) is 35.9 Å². The lowest BCUT2D eigenvalue weighted by Crippen LogP contribution is -2.13. The first-order chi connectivity index (χ1) is 12.2. The molecule has 0 amide bonds. The number of hydrogen-bond donors (Lipinski definition) is 0. The van der Waals surface area contributed by atoms with Crippen LogP contribution in [-0.4, -0.2) is 4.98 Å². The second-order valence-corrected chi connectivity index (χ2v) is 6.87. The van der Waals surface area contributed by atoms with Crippen molar-refractivity contribution in [3.63, 3.8) is 0 Å². The molecule has 0 atom stereocenters. The van der Waals surface area contributed by atoms with Gasteiger partial charge in [0.1, 0.15) is 0 Å². The minimum Gasteiger partial charge on any atom is -0.224 e. The maximum absolute atomic E-state index is 13.1. The highest BCUT2D eigenvalue weighted by molar-refractivity contribution is 5.43. The van der Waals surface area contributed by atoms with Crippen molar-refractivity contribution in [3.8, 4) is 11.8 Å². The average Bonchev–Trinajstić information content (AvgIpc) is 2.64. The Morgan fingerprint density at radius 2 is 1.68 bits per heavy atom. The van der Waals surface area contributed by atoms with Gasteiger partial charge in [0.05, 0.1) is 0 Å². The normalized spacial score (nSPS) is 20.0. The van der Waals surface area contributed by atoms with Crippen LogP contribution in [0.15, 0.2) is 36.5 Å². The number of hydrogen-bond acceptors (Lipinski definition) is 1. The quantitative estimate of drug-likeness (QED) is 0.506. The van der Waals surface area contributed by atoms with Crippen molar-refractivity contribution < 1.29 is 8.78 Å². The van der Waals surface area contributed by atoms with Crippen LogP contribution in [0, 0.1) is 29.5 Å². The number of nitrogens with zero attached hydrogens (tertiary/aromatic N) is 1. The van der Waals surface area contributed by atoms with Gasteiger partial charge in [-0.05, 0) is 61.3 Å². The highest BCUT2D eigenvalue weighted by Gasteiger charge is 2.21. The minimum absolute atomic E-state index is 0.372. The molecule has 0 spiro atoms. The van der Waals surface area contributed by atoms with Gasteiger partial charge in [0, 0.05) is 17.3 Å². The Kier molecular flexibility index (Phi) is 5.81. The largest absolute Gasteiger partial charge is 0.248 e. The maximum Gasteiger partial charge on any atom is 0.248 e. The molecule has 0 saturated heterocycles. The van der Waals surface area contributed by atoms with Gasteiger partial charge in [-0.15, -0.1) is 0 Å². The Hall–Kier alpha value is -2.21. The third-order valence-electron chi connectivity index (χ3n) is 5.07. The molecule has 1 fully saturated rings. The van der Waals surface area contributed by atoms with E-state index in [1.807, 2.05) is 12.1 Å². The second-order valence-electron chi connectivity index (χ2n) is 6.87. The van der Waals surface area contributed by atoms with Crippen molar-refractivity contribution in [1.82, 2.24) is 4.98 Å². The molecule has 0 radical (unpaired) electrons. The molecule has 1 nitrogen and oxygen atoms in total. The van der Waals surface area contributed by atoms with E-state index in [1.165, 1.54) is 50.3 Å². The zero-order chi connectivity index (χ0) is 17.6. The van der Waals surface area contributed by atoms with Crippen LogP contribution in [0.3, 0.4) is 0 Å². The van der Waals surface area contributed by atoms with Crippen molar-refractivity contribution in [2.75, 3.05) is 0 Å². The molecule has 1 aromatic carbocycles. The van der Waals surface area contributed by atoms with E-state index in [9.17, 15) is 8.78 Å². The van der Waals surface area contributed by atoms with E-state index in [-0.39, 0.29) is 0 Å². The molecule has 0 bridgehead atoms. The Labute approximate surface area is 148 Å². The first kappa shape index (κ1) is 17.6. The summed E-state index contributed by atoms with van der Waals surface area (Å²) >= 11 is 0. The summed E-state index contributed by atoms with van der Waals surface area (Å²) in [6, 6.07) is 9.39. The average molecular weight is 339 g/mol. The predicted octanol–water partition coefficient (Wildman–Crippen LogP) is 5.83. The third kappa shape index (κ3) is 4.66. The molecule has 0 N–H and O–H groups in total. The molecule has 1 heterocycles. The molecule has 3 rings (SSSR count). The Balaban J connectivity index is 1.63. The molecule has 3 heteroatoms. The molecule has 0 unspecified atom stereocenters. The Morgan fingerprint density at radius 1 is 1.00 bits per heavy atom. The summed E-state index contributed by atoms with van der Waals surface area (Å²) in [5.41, 5.74) is 2.63. The van der Waals surface area contributed by atoms with Crippen molar-refractivity contribution in [3.05, 3.63) is 65.0 Å². The van der Waals surface area contributed by atoms with Crippen molar-refractivity contribution in [1.29, 1.82) is 0 Å². The molecule has 1 aliphatic carbocycles. The lowest BCUT2D eigenvalue weighted by atomic mass is 9.77. The molecule has 130 valence electrons. The van der Waals surface area contributed by atoms with E-state index < -0.39 is 11.8 Å². The van der Waals surface area contributed by atoms with Crippen LogP contribution in [-0.2, 0) is 0 Å². The highest BCUT2D eigenvalue weighted by Crippen LogP contribution is 2.37. The number of halogens is 2. The van der Waals surface area contributed by atoms with Crippen LogP contribution >= 0.6 is 0 Å². The van der Waals surface area contributed by atoms with Crippen molar-refractivity contribution >= 4 is 0 Å². The summed E-state index contributed by atoms with van der Waals surface area (Å²) in [6.45, 7) is 2.27. The van der Waals surface area contributed by atoms with Gasteiger partial charge in [-0.25, -0.2) is 9.37 Å². The molecular weight excluding hydrogens is 316 g/mol. The number of aromatic nitrogens is 1. The van der Waals surface area contributed by atoms with Gasteiger partial charge in [-0.3, -0.25) is 0 Å². The monoisotopic (exact) mass is 339 g/mol. The number of rotatable bonds is 3. The third-order valence-corrected chi connectivity index (χ3v) is 5.07. The topological polar surface area (TPSA) is 12.9 Å². The minimum atomic E-state index is -1.09. The summed E-state index contributed by atoms with van der Waals surface area (Å²) in [6.07, 6.45) is 9.11. The standard InChI is InChI=1S/C22H23F2N/c1-2-3-16-6-10-19(11-7-16)20-12-8-17(9-13-20)4-5-18-14-21(23)22(24)25-15-18/h8-9,12-16,19H,2-3,6-7,10-11H2,1H3/t16-,19-. The molecule has 2 aromatic rings. The van der Waals surface area contributed by atoms with E-state index in [0.717, 1.165) is 17.5 Å². The first-order valence-corrected chi connectivity index (χ1v) is 9.08. The lowest BCUT2D eigenvalue weighted by Gasteiger charge is -2.28. The lowest BCUT2D eigenvalue weighted by molar-refractivity contribution is 0.308. The van der Waals surface area contributed by atoms with Crippen molar-refractivity contribution in [2.24, 2.45) is 5.92 Å². The summed E-state index contributed by atoms with van der Waals surface area (Å²) < 4.78 is 26.0. The van der Waals surface area contributed by atoms with Gasteiger partial charge in [-0.1, -0.05) is 43.7 Å². The molecule has 0 aliphatic heterocycles. The molecule has 25 heavy (non-hydrogen) atoms. The van der Waals surface area contributed by atoms with E-state index >= 15 is 0 Å². The van der Waals surface area contributed by atoms with Gasteiger partial charge < -0.3 is 0 Å². The van der Waals surface area contributed by atoms with Crippen LogP contribution in [0.25, 0.3) is 0 Å². The summed E-state index contributed by atoms with van der Waals surface area (Å²) in [4.78, 5) is 3.34. The number of benzene rings is 1. The van der Waals surface area contributed by atoms with Gasteiger partial charge in [0.15, 0.2) is 5.82 Å². The molecule has 1 saturated carbocycles. The summed E-state index contributed by atoms with van der Waals surface area (Å²) in [7, 11) is 0. The highest BCUT2D eigenvalue weighted by atomic mass is 19.2. The zero-order valence-electron chi connectivity index (χ0n) is 14.6. The SMILES string of the molecule is CCC[C@H]1CC[C@H](c2ccc(C#Cc3cnc(F)c(F)c3)cc2)CC1. The maximum atomic E-state index is 13.1. The van der Waals surface area contributed by atoms with Gasteiger partial charge >= 0.3 is 0 Å². The first-order valence-electron chi connectivity index (χ1n) is 9.08. The fraction of sp³-hybridized carbons (Fsp3) is 0.409. The Morgan fingerprint density at radius 3 is 2.32 bits per heavy atom. The molecule has 1 aliphatic rings. The van der Waals surface area contributed by atoms with Crippen LogP contribution in [0.1, 0.15) is 68.1 Å². The van der Waals surface area contributed by atoms with Crippen LogP contribution in [0.5, 0.6) is 0 Å². The van der Waals surface area contributed by atoms with Gasteiger partial charge in [-0.2, -0.15) is 4.39 Å². The van der Waals surface area contributed by atoms with E-state index in [0.29, 0.717) is 11.5 Å². The molecule has 1 aromatic heterocycles. The second kappa shape index (κ2) is 8.25. The zero-order valence-corrected chi connectivity index (χ0v) is 14.6. The van der Waals surface area contributed by atoms with E-state index in [1.54, 1.807) is 0 Å². The Bertz CT molecular complexity index is 763. The summed E-state index contributed by atoms with van der Waals surface area (Å²) in [5.74, 6) is 5.32. The van der Waals surface area contributed by atoms with Gasteiger partial charge in [0.2, 0.25) is 5.95 Å². The fourth-order valence-corrected chi connectivity index (χ4v) is 3.67. The van der Waals surface area contributed by atoms with Crippen LogP contribution in [0.4, 0.5) is 8.78 Å². The molecular formula is C22H23F2N. The smallest absolute Gasteiger partial charge is 0.224 e. The van der Waals surface area contributed by atoms with Crippen molar-refractivity contribution in [2.45, 2.75) is 51.4 Å². The van der Waals surface area contributed by atoms with E-state index in [4.69, 9.17) is 0 Å². The number of pyridine rings is 1.